The van der Waals surface area contributed by atoms with Gasteiger partial charge in [0.1, 0.15) is 40.6 Å². The summed E-state index contributed by atoms with van der Waals surface area (Å²) in [5.41, 5.74) is 10.2. The van der Waals surface area contributed by atoms with Crippen molar-refractivity contribution in [2.75, 3.05) is 66.2 Å². The van der Waals surface area contributed by atoms with Gasteiger partial charge in [-0.05, 0) is 111 Å². The molecule has 5 aliphatic heterocycles. The fourth-order valence-electron chi connectivity index (χ4n) is 10.2. The molecule has 10 rings (SSSR count). The molecule has 0 bridgehead atoms. The van der Waals surface area contributed by atoms with E-state index in [4.69, 9.17) is 10.8 Å². The number of aromatic nitrogens is 3. The van der Waals surface area contributed by atoms with Crippen LogP contribution in [-0.2, 0) is 22.6 Å². The molecular formula is C49H49F2N11O6. The van der Waals surface area contributed by atoms with Crippen LogP contribution in [0.15, 0.2) is 60.7 Å². The molecule has 5 N–H and O–H groups in total. The predicted octanol–water partition coefficient (Wildman–Crippen LogP) is 4.93. The molecule has 0 spiro atoms. The van der Waals surface area contributed by atoms with Crippen molar-refractivity contribution in [2.24, 2.45) is 11.7 Å². The average Bonchev–Trinajstić information content (AvgIpc) is 3.71. The van der Waals surface area contributed by atoms with Crippen LogP contribution in [0.3, 0.4) is 0 Å². The summed E-state index contributed by atoms with van der Waals surface area (Å²) in [5.74, 6) is -4.03. The standard InChI is InChI=1S/C49H49F2N11O6/c1-26-4-3-5-39(53-26)55-46(65)31-7-8-32(42(51)27(31)2)43-41(44(52)64)45-54-36-9-6-30(22-29(36)14-17-61(45)57-43)59-20-18-58(19-21-59)25-28-12-15-60(16-13-28)38-24-34-33(23-35(38)50)48(67)62(49(34)68)37-10-11-40(63)56-47(37)66/h3-9,22-24,28,37,54H,10-21,25H2,1-2H3,(H2,52,64)(H,53,55,65)(H,56,63,66). The van der Waals surface area contributed by atoms with E-state index < -0.39 is 53.1 Å². The lowest BCUT2D eigenvalue weighted by atomic mass is 9.95. The Bertz CT molecular complexity index is 2960. The van der Waals surface area contributed by atoms with Gasteiger partial charge in [-0.2, -0.15) is 5.10 Å². The zero-order valence-electron chi connectivity index (χ0n) is 37.5. The minimum absolute atomic E-state index is 0.00430. The fraction of sp³-hybridized carbons (Fsp3) is 0.347. The number of imide groups is 2. The first kappa shape index (κ1) is 44.3. The summed E-state index contributed by atoms with van der Waals surface area (Å²) in [6.45, 7) is 9.14. The number of fused-ring (bicyclic) bond motifs is 3. The van der Waals surface area contributed by atoms with Crippen molar-refractivity contribution in [1.82, 2.24) is 29.9 Å². The summed E-state index contributed by atoms with van der Waals surface area (Å²) in [4.78, 5) is 88.7. The summed E-state index contributed by atoms with van der Waals surface area (Å²) < 4.78 is 33.3. The second-order valence-electron chi connectivity index (χ2n) is 18.1. The molecule has 5 aromatic rings. The van der Waals surface area contributed by atoms with Gasteiger partial charge in [0.15, 0.2) is 0 Å². The number of carbonyl (C=O) groups is 6. The quantitative estimate of drug-likeness (QED) is 0.145. The van der Waals surface area contributed by atoms with Gasteiger partial charge in [0.25, 0.3) is 23.6 Å². The molecule has 68 heavy (non-hydrogen) atoms. The molecular weight excluding hydrogens is 877 g/mol. The van der Waals surface area contributed by atoms with E-state index in [0.717, 1.165) is 79.2 Å². The van der Waals surface area contributed by atoms with Gasteiger partial charge < -0.3 is 26.2 Å². The van der Waals surface area contributed by atoms with E-state index in [-0.39, 0.29) is 57.6 Å². The Morgan fingerprint density at radius 2 is 1.56 bits per heavy atom. The summed E-state index contributed by atoms with van der Waals surface area (Å²) in [6.07, 6.45) is 2.27. The molecule has 2 aromatic heterocycles. The van der Waals surface area contributed by atoms with Gasteiger partial charge in [0, 0.05) is 87.0 Å². The Kier molecular flexibility index (Phi) is 11.5. The normalized spacial score (nSPS) is 18.7. The lowest BCUT2D eigenvalue weighted by molar-refractivity contribution is -0.136. The number of hydrogen-bond donors (Lipinski definition) is 4. The van der Waals surface area contributed by atoms with Gasteiger partial charge in [0.05, 0.1) is 16.8 Å². The van der Waals surface area contributed by atoms with Crippen LogP contribution in [-0.4, -0.2) is 112 Å². The maximum Gasteiger partial charge on any atom is 0.262 e. The van der Waals surface area contributed by atoms with Crippen LogP contribution < -0.4 is 31.5 Å². The van der Waals surface area contributed by atoms with E-state index in [1.807, 2.05) is 17.0 Å². The molecule has 3 saturated heterocycles. The predicted molar refractivity (Wildman–Crippen MR) is 248 cm³/mol. The van der Waals surface area contributed by atoms with E-state index >= 15 is 8.78 Å². The zero-order chi connectivity index (χ0) is 47.5. The van der Waals surface area contributed by atoms with Crippen LogP contribution >= 0.6 is 0 Å². The number of nitrogens with one attached hydrogen (secondary N) is 3. The van der Waals surface area contributed by atoms with Crippen molar-refractivity contribution < 1.29 is 37.5 Å². The van der Waals surface area contributed by atoms with E-state index in [1.54, 1.807) is 29.8 Å². The number of carbonyl (C=O) groups excluding carboxylic acids is 6. The van der Waals surface area contributed by atoms with Crippen molar-refractivity contribution in [2.45, 2.75) is 58.5 Å². The number of hydrogen-bond acceptors (Lipinski definition) is 12. The van der Waals surface area contributed by atoms with E-state index in [2.05, 4.69) is 36.8 Å². The highest BCUT2D eigenvalue weighted by Gasteiger charge is 2.45. The van der Waals surface area contributed by atoms with Gasteiger partial charge >= 0.3 is 0 Å². The number of primary amides is 1. The molecule has 0 aliphatic carbocycles. The number of nitrogens with zero attached hydrogens (tertiary/aromatic N) is 7. The number of benzene rings is 3. The number of anilines is 5. The molecule has 1 unspecified atom stereocenters. The van der Waals surface area contributed by atoms with Gasteiger partial charge in [-0.1, -0.05) is 6.07 Å². The van der Waals surface area contributed by atoms with E-state index in [1.165, 1.54) is 25.1 Å². The van der Waals surface area contributed by atoms with Gasteiger partial charge in [-0.15, -0.1) is 0 Å². The van der Waals surface area contributed by atoms with Crippen LogP contribution in [0.2, 0.25) is 0 Å². The maximum atomic E-state index is 16.1. The minimum atomic E-state index is -1.12. The Labute approximate surface area is 389 Å². The molecule has 5 aliphatic rings. The Balaban J connectivity index is 0.750. The third-order valence-electron chi connectivity index (χ3n) is 13.9. The lowest BCUT2D eigenvalue weighted by Crippen LogP contribution is -2.54. The number of amides is 6. The largest absolute Gasteiger partial charge is 0.369 e. The highest BCUT2D eigenvalue weighted by molar-refractivity contribution is 6.24. The maximum absolute atomic E-state index is 16.1. The van der Waals surface area contributed by atoms with Crippen molar-refractivity contribution in [1.29, 1.82) is 0 Å². The number of pyridine rings is 1. The third-order valence-corrected chi connectivity index (χ3v) is 13.9. The summed E-state index contributed by atoms with van der Waals surface area (Å²) in [7, 11) is 0. The van der Waals surface area contributed by atoms with E-state index in [9.17, 15) is 28.8 Å². The first-order valence-corrected chi connectivity index (χ1v) is 22.8. The van der Waals surface area contributed by atoms with Crippen LogP contribution in [0.4, 0.5) is 37.5 Å². The van der Waals surface area contributed by atoms with Gasteiger partial charge in [-0.3, -0.25) is 43.9 Å². The third kappa shape index (κ3) is 8.09. The zero-order valence-corrected chi connectivity index (χ0v) is 37.5. The molecule has 7 heterocycles. The number of aryl methyl sites for hydroxylation is 3. The fourth-order valence-corrected chi connectivity index (χ4v) is 10.2. The highest BCUT2D eigenvalue weighted by Crippen LogP contribution is 2.39. The Hall–Kier alpha value is -7.54. The van der Waals surface area contributed by atoms with Gasteiger partial charge in [-0.25, -0.2) is 18.4 Å². The van der Waals surface area contributed by atoms with Crippen molar-refractivity contribution in [3.8, 4) is 11.3 Å². The van der Waals surface area contributed by atoms with Crippen LogP contribution in [0.5, 0.6) is 0 Å². The first-order valence-electron chi connectivity index (χ1n) is 22.8. The average molecular weight is 926 g/mol. The van der Waals surface area contributed by atoms with Crippen LogP contribution in [0.25, 0.3) is 11.3 Å². The second kappa shape index (κ2) is 17.6. The number of halogens is 2. The number of piperidine rings is 2. The van der Waals surface area contributed by atoms with Gasteiger partial charge in [0.2, 0.25) is 11.8 Å². The topological polar surface area (TPSA) is 208 Å². The molecule has 1 atom stereocenters. The van der Waals surface area contributed by atoms with Crippen LogP contribution in [0.1, 0.15) is 83.9 Å². The summed E-state index contributed by atoms with van der Waals surface area (Å²) >= 11 is 0. The second-order valence-corrected chi connectivity index (χ2v) is 18.1. The van der Waals surface area contributed by atoms with E-state index in [0.29, 0.717) is 43.6 Å². The summed E-state index contributed by atoms with van der Waals surface area (Å²) in [5, 5.41) is 13.0. The molecule has 6 amide bonds. The monoisotopic (exact) mass is 925 g/mol. The number of piperazine rings is 1. The molecule has 19 heteroatoms. The first-order chi connectivity index (χ1) is 32.7. The summed E-state index contributed by atoms with van der Waals surface area (Å²) in [6, 6.07) is 15.7. The highest BCUT2D eigenvalue weighted by atomic mass is 19.1. The molecule has 0 saturated carbocycles. The van der Waals surface area contributed by atoms with Crippen molar-refractivity contribution >= 4 is 64.1 Å². The molecule has 17 nitrogen and oxygen atoms in total. The Morgan fingerprint density at radius 3 is 2.28 bits per heavy atom. The number of nitrogens with two attached hydrogens (primary N) is 1. The molecule has 350 valence electrons. The smallest absolute Gasteiger partial charge is 0.262 e. The van der Waals surface area contributed by atoms with Crippen molar-refractivity contribution in [3.63, 3.8) is 0 Å². The lowest BCUT2D eigenvalue weighted by Gasteiger charge is -2.40. The van der Waals surface area contributed by atoms with Crippen LogP contribution in [0, 0.1) is 31.4 Å². The van der Waals surface area contributed by atoms with Crippen molar-refractivity contribution in [3.05, 3.63) is 111 Å². The molecule has 3 fully saturated rings. The number of rotatable bonds is 9. The molecule has 0 radical (unpaired) electrons. The Morgan fingerprint density at radius 1 is 0.809 bits per heavy atom. The molecule has 3 aromatic carbocycles. The minimum Gasteiger partial charge on any atom is -0.369 e. The SMILES string of the molecule is Cc1cccc(NC(=O)c2ccc(-c3nn4c(c3C(N)=O)Nc3ccc(N5CCN(CC6CCN(c7cc8c(cc7F)C(=O)N(C7CCC(=O)NC7=O)C8=O)CC6)CC5)cc3CC4)c(F)c2C)n1.